The third-order valence-electron chi connectivity index (χ3n) is 4.33. The van der Waals surface area contributed by atoms with Crippen LogP contribution >= 0.6 is 28.3 Å². The zero-order valence-corrected chi connectivity index (χ0v) is 15.6. The molecule has 0 spiro atoms. The number of hydrogen-bond acceptors (Lipinski definition) is 5. The highest BCUT2D eigenvalue weighted by Gasteiger charge is 2.36. The maximum atomic E-state index is 13.1. The molecule has 3 aromatic rings. The van der Waals surface area contributed by atoms with Gasteiger partial charge < -0.3 is 10.3 Å². The summed E-state index contributed by atoms with van der Waals surface area (Å²) in [6.07, 6.45) is 5.63. The van der Waals surface area contributed by atoms with E-state index in [9.17, 15) is 4.39 Å². The number of nitrogens with two attached hydrogens (primary N) is 1. The van der Waals surface area contributed by atoms with E-state index in [1.807, 2.05) is 0 Å². The van der Waals surface area contributed by atoms with Crippen molar-refractivity contribution in [1.29, 1.82) is 0 Å². The minimum Gasteiger partial charge on any atom is -0.332 e. The van der Waals surface area contributed by atoms with Crippen LogP contribution in [0.2, 0.25) is 0 Å². The van der Waals surface area contributed by atoms with Crippen molar-refractivity contribution in [2.24, 2.45) is 5.73 Å². The third kappa shape index (κ3) is 3.33. The van der Waals surface area contributed by atoms with Gasteiger partial charge in [-0.15, -0.1) is 12.4 Å². The van der Waals surface area contributed by atoms with Crippen LogP contribution in [0.15, 0.2) is 39.5 Å². The second kappa shape index (κ2) is 6.86. The Morgan fingerprint density at radius 3 is 2.56 bits per heavy atom. The summed E-state index contributed by atoms with van der Waals surface area (Å²) < 4.78 is 20.8. The van der Waals surface area contributed by atoms with Crippen molar-refractivity contribution >= 4 is 28.3 Å². The maximum Gasteiger partial charge on any atom is 0.279 e. The summed E-state index contributed by atoms with van der Waals surface area (Å²) in [7, 11) is 0. The Hall–Kier alpha value is -1.77. The zero-order chi connectivity index (χ0) is 16.7. The van der Waals surface area contributed by atoms with Gasteiger partial charge in [0.2, 0.25) is 0 Å². The molecule has 0 amide bonds. The molecule has 0 aliphatic heterocycles. The fourth-order valence-electron chi connectivity index (χ4n) is 2.98. The number of hydrogen-bond donors (Lipinski definition) is 1. The maximum absolute atomic E-state index is 13.1. The van der Waals surface area contributed by atoms with Gasteiger partial charge in [0.15, 0.2) is 11.5 Å². The van der Waals surface area contributed by atoms with E-state index < -0.39 is 5.54 Å². The molecule has 1 aromatic carbocycles. The lowest BCUT2D eigenvalue weighted by atomic mass is 9.99. The molecule has 0 unspecified atom stereocenters. The highest BCUT2D eigenvalue weighted by atomic mass is 79.9. The predicted molar refractivity (Wildman–Crippen MR) is 96.1 cm³/mol. The second-order valence-electron chi connectivity index (χ2n) is 6.03. The monoisotopic (exact) mass is 427 g/mol. The molecular weight excluding hydrogens is 413 g/mol. The molecule has 0 saturated heterocycles. The van der Waals surface area contributed by atoms with Gasteiger partial charge in [-0.3, -0.25) is 0 Å². The zero-order valence-electron chi connectivity index (χ0n) is 13.2. The first-order chi connectivity index (χ1) is 11.5. The summed E-state index contributed by atoms with van der Waals surface area (Å²) in [5.41, 5.74) is 7.11. The normalized spacial score (nSPS) is 16.0. The molecule has 2 heterocycles. The van der Waals surface area contributed by atoms with Gasteiger partial charge in [-0.1, -0.05) is 18.0 Å². The van der Waals surface area contributed by atoms with Crippen LogP contribution in [-0.2, 0) is 5.54 Å². The first kappa shape index (κ1) is 18.0. The lowest BCUT2D eigenvalue weighted by Crippen LogP contribution is -2.34. The Morgan fingerprint density at radius 1 is 1.20 bits per heavy atom. The van der Waals surface area contributed by atoms with Gasteiger partial charge in [0, 0.05) is 6.20 Å². The van der Waals surface area contributed by atoms with Crippen LogP contribution in [0, 0.1) is 5.82 Å². The lowest BCUT2D eigenvalue weighted by molar-refractivity contribution is 0.372. The summed E-state index contributed by atoms with van der Waals surface area (Å²) in [5, 5.41) is 8.50. The highest BCUT2D eigenvalue weighted by Crippen LogP contribution is 2.36. The van der Waals surface area contributed by atoms with E-state index in [-0.39, 0.29) is 18.2 Å². The van der Waals surface area contributed by atoms with Crippen LogP contribution in [0.4, 0.5) is 4.39 Å². The molecule has 1 saturated carbocycles. The quantitative estimate of drug-likeness (QED) is 0.682. The summed E-state index contributed by atoms with van der Waals surface area (Å²) >= 11 is 3.46. The minimum absolute atomic E-state index is 0. The standard InChI is InChI=1S/C16H15BrFN5O.ClH/c17-12-9-23(11-5-3-10(18)4-6-11)21-13(12)14-20-15(22-24-14)16(19)7-1-2-8-16;/h3-6,9H,1-2,7-8,19H2;1H. The smallest absolute Gasteiger partial charge is 0.279 e. The molecule has 0 atom stereocenters. The van der Waals surface area contributed by atoms with Gasteiger partial charge in [0.05, 0.1) is 15.7 Å². The van der Waals surface area contributed by atoms with E-state index in [0.717, 1.165) is 31.4 Å². The average molecular weight is 429 g/mol. The number of benzene rings is 1. The fraction of sp³-hybridized carbons (Fsp3) is 0.312. The van der Waals surface area contributed by atoms with Gasteiger partial charge >= 0.3 is 0 Å². The van der Waals surface area contributed by atoms with Crippen LogP contribution in [0.1, 0.15) is 31.5 Å². The molecule has 2 aromatic heterocycles. The van der Waals surface area contributed by atoms with E-state index in [1.54, 1.807) is 23.0 Å². The Morgan fingerprint density at radius 2 is 1.88 bits per heavy atom. The van der Waals surface area contributed by atoms with Crippen LogP contribution in [0.25, 0.3) is 17.3 Å². The molecule has 1 aliphatic carbocycles. The van der Waals surface area contributed by atoms with Gasteiger partial charge in [-0.05, 0) is 53.0 Å². The minimum atomic E-state index is -0.506. The molecule has 2 N–H and O–H groups in total. The summed E-state index contributed by atoms with van der Waals surface area (Å²) in [6, 6.07) is 6.05. The van der Waals surface area contributed by atoms with Gasteiger partial charge in [-0.2, -0.15) is 10.1 Å². The Kier molecular flexibility index (Phi) is 4.95. The topological polar surface area (TPSA) is 82.8 Å². The Bertz CT molecular complexity index is 873. The van der Waals surface area contributed by atoms with Crippen molar-refractivity contribution in [2.45, 2.75) is 31.2 Å². The second-order valence-corrected chi connectivity index (χ2v) is 6.89. The van der Waals surface area contributed by atoms with E-state index in [4.69, 9.17) is 10.3 Å². The van der Waals surface area contributed by atoms with Crippen molar-refractivity contribution in [2.75, 3.05) is 0 Å². The molecule has 9 heteroatoms. The molecule has 1 fully saturated rings. The Balaban J connectivity index is 0.00000182. The molecule has 25 heavy (non-hydrogen) atoms. The van der Waals surface area contributed by atoms with Crippen molar-refractivity contribution in [1.82, 2.24) is 19.9 Å². The number of aromatic nitrogens is 4. The van der Waals surface area contributed by atoms with Crippen molar-refractivity contribution in [3.8, 4) is 17.3 Å². The van der Waals surface area contributed by atoms with Crippen molar-refractivity contribution in [3.63, 3.8) is 0 Å². The highest BCUT2D eigenvalue weighted by molar-refractivity contribution is 9.10. The van der Waals surface area contributed by atoms with Crippen molar-refractivity contribution in [3.05, 3.63) is 46.6 Å². The summed E-state index contributed by atoms with van der Waals surface area (Å²) in [4.78, 5) is 4.45. The van der Waals surface area contributed by atoms with Crippen LogP contribution in [0.3, 0.4) is 0 Å². The lowest BCUT2D eigenvalue weighted by Gasteiger charge is -2.17. The molecular formula is C16H16BrClFN5O. The van der Waals surface area contributed by atoms with Crippen molar-refractivity contribution < 1.29 is 8.91 Å². The van der Waals surface area contributed by atoms with E-state index in [1.165, 1.54) is 12.1 Å². The van der Waals surface area contributed by atoms with E-state index in [0.29, 0.717) is 21.9 Å². The first-order valence-corrected chi connectivity index (χ1v) is 8.49. The van der Waals surface area contributed by atoms with E-state index >= 15 is 0 Å². The van der Waals surface area contributed by atoms with Gasteiger partial charge in [-0.25, -0.2) is 9.07 Å². The molecule has 0 bridgehead atoms. The number of nitrogens with zero attached hydrogens (tertiary/aromatic N) is 4. The number of halogens is 3. The fourth-order valence-corrected chi connectivity index (χ4v) is 3.42. The summed E-state index contributed by atoms with van der Waals surface area (Å²) in [6.45, 7) is 0. The van der Waals surface area contributed by atoms with Crippen LogP contribution in [-0.4, -0.2) is 19.9 Å². The molecule has 132 valence electrons. The first-order valence-electron chi connectivity index (χ1n) is 7.70. The molecule has 0 radical (unpaired) electrons. The predicted octanol–water partition coefficient (Wildman–Crippen LogP) is 3.97. The molecule has 1 aliphatic rings. The number of rotatable bonds is 3. The largest absolute Gasteiger partial charge is 0.332 e. The van der Waals surface area contributed by atoms with Gasteiger partial charge in [0.1, 0.15) is 5.82 Å². The SMILES string of the molecule is Cl.NC1(c2noc(-c3nn(-c4ccc(F)cc4)cc3Br)n2)CCCC1. The molecule has 6 nitrogen and oxygen atoms in total. The van der Waals surface area contributed by atoms with Crippen LogP contribution in [0.5, 0.6) is 0 Å². The van der Waals surface area contributed by atoms with Gasteiger partial charge in [0.25, 0.3) is 5.89 Å². The Labute approximate surface area is 158 Å². The van der Waals surface area contributed by atoms with E-state index in [2.05, 4.69) is 31.2 Å². The average Bonchev–Trinajstić information content (AvgIpc) is 3.28. The summed E-state index contributed by atoms with van der Waals surface area (Å²) in [5.74, 6) is 0.546. The molecule has 4 rings (SSSR count). The van der Waals surface area contributed by atoms with Crippen LogP contribution < -0.4 is 5.73 Å². The third-order valence-corrected chi connectivity index (χ3v) is 4.91.